The first kappa shape index (κ1) is 12.3. The zero-order valence-corrected chi connectivity index (χ0v) is 10.9. The summed E-state index contributed by atoms with van der Waals surface area (Å²) in [5.41, 5.74) is 1.01. The molecule has 1 N–H and O–H groups in total. The molecular formula is C16H18N2O. The van der Waals surface area contributed by atoms with E-state index in [1.165, 1.54) is 5.56 Å². The van der Waals surface area contributed by atoms with E-state index in [2.05, 4.69) is 22.1 Å². The fraction of sp³-hybridized carbons (Fsp3) is 0.375. The zero-order valence-electron chi connectivity index (χ0n) is 10.9. The molecule has 1 fully saturated rings. The molecule has 0 spiro atoms. The lowest BCUT2D eigenvalue weighted by molar-refractivity contribution is -0.0265. The highest BCUT2D eigenvalue weighted by Gasteiger charge is 2.42. The summed E-state index contributed by atoms with van der Waals surface area (Å²) in [5, 5.41) is 11.2. The van der Waals surface area contributed by atoms with Gasteiger partial charge in [-0.15, -0.1) is 0 Å². The monoisotopic (exact) mass is 254 g/mol. The fourth-order valence-corrected chi connectivity index (χ4v) is 3.11. The Bertz CT molecular complexity index is 529. The van der Waals surface area contributed by atoms with Crippen molar-refractivity contribution in [3.8, 4) is 0 Å². The number of benzene rings is 1. The zero-order chi connectivity index (χ0) is 13.1. The van der Waals surface area contributed by atoms with E-state index < -0.39 is 5.60 Å². The maximum absolute atomic E-state index is 11.2. The molecule has 2 unspecified atom stereocenters. The first-order valence-corrected chi connectivity index (χ1v) is 6.84. The summed E-state index contributed by atoms with van der Waals surface area (Å²) < 4.78 is 0. The van der Waals surface area contributed by atoms with Crippen molar-refractivity contribution in [1.82, 2.24) is 9.97 Å². The van der Waals surface area contributed by atoms with Gasteiger partial charge in [0.25, 0.3) is 0 Å². The Morgan fingerprint density at radius 1 is 1.11 bits per heavy atom. The van der Waals surface area contributed by atoms with Crippen molar-refractivity contribution >= 4 is 0 Å². The predicted octanol–water partition coefficient (Wildman–Crippen LogP) is 3.02. The minimum absolute atomic E-state index is 0.110. The Labute approximate surface area is 113 Å². The second-order valence-electron chi connectivity index (χ2n) is 5.22. The van der Waals surface area contributed by atoms with Gasteiger partial charge in [-0.2, -0.15) is 0 Å². The van der Waals surface area contributed by atoms with E-state index in [9.17, 15) is 5.11 Å². The van der Waals surface area contributed by atoms with Crippen molar-refractivity contribution in [2.45, 2.75) is 37.2 Å². The molecule has 1 aromatic carbocycles. The predicted molar refractivity (Wildman–Crippen MR) is 73.6 cm³/mol. The Hall–Kier alpha value is -1.74. The molecule has 1 aromatic heterocycles. The van der Waals surface area contributed by atoms with Crippen LogP contribution in [0.4, 0.5) is 0 Å². The normalized spacial score (nSPS) is 27.1. The third-order valence-corrected chi connectivity index (χ3v) is 4.09. The summed E-state index contributed by atoms with van der Waals surface area (Å²) in [6.07, 6.45) is 8.94. The lowest BCUT2D eigenvalue weighted by Gasteiger charge is -2.39. The summed E-state index contributed by atoms with van der Waals surface area (Å²) in [5.74, 6) is 0.110. The van der Waals surface area contributed by atoms with Crippen LogP contribution >= 0.6 is 0 Å². The lowest BCUT2D eigenvalue weighted by Crippen LogP contribution is -2.37. The molecule has 0 aliphatic heterocycles. The van der Waals surface area contributed by atoms with Crippen LogP contribution in [-0.4, -0.2) is 15.1 Å². The third kappa shape index (κ3) is 2.26. The summed E-state index contributed by atoms with van der Waals surface area (Å²) in [7, 11) is 0. The molecule has 0 bridgehead atoms. The Kier molecular flexibility index (Phi) is 3.30. The van der Waals surface area contributed by atoms with Gasteiger partial charge in [0.1, 0.15) is 5.60 Å². The fourth-order valence-electron chi connectivity index (χ4n) is 3.11. The molecule has 0 saturated heterocycles. The minimum atomic E-state index is -0.881. The molecule has 3 rings (SSSR count). The average molecular weight is 254 g/mol. The molecule has 1 heterocycles. The van der Waals surface area contributed by atoms with Crippen LogP contribution in [0.2, 0.25) is 0 Å². The van der Waals surface area contributed by atoms with Crippen LogP contribution in [0, 0.1) is 0 Å². The summed E-state index contributed by atoms with van der Waals surface area (Å²) >= 11 is 0. The largest absolute Gasteiger partial charge is 0.383 e. The topological polar surface area (TPSA) is 46.0 Å². The van der Waals surface area contributed by atoms with Crippen LogP contribution in [0.3, 0.4) is 0 Å². The van der Waals surface area contributed by atoms with Crippen molar-refractivity contribution in [1.29, 1.82) is 0 Å². The van der Waals surface area contributed by atoms with Crippen LogP contribution in [0.1, 0.15) is 42.9 Å². The van der Waals surface area contributed by atoms with Gasteiger partial charge in [0.15, 0.2) is 0 Å². The minimum Gasteiger partial charge on any atom is -0.383 e. The van der Waals surface area contributed by atoms with Gasteiger partial charge in [-0.3, -0.25) is 9.97 Å². The highest BCUT2D eigenvalue weighted by Crippen LogP contribution is 2.46. The molecule has 0 radical (unpaired) electrons. The highest BCUT2D eigenvalue weighted by atomic mass is 16.3. The third-order valence-electron chi connectivity index (χ3n) is 4.09. The Morgan fingerprint density at radius 3 is 2.68 bits per heavy atom. The van der Waals surface area contributed by atoms with E-state index in [0.717, 1.165) is 25.7 Å². The van der Waals surface area contributed by atoms with Gasteiger partial charge in [-0.05, 0) is 18.4 Å². The first-order valence-electron chi connectivity index (χ1n) is 6.84. The maximum atomic E-state index is 11.2. The van der Waals surface area contributed by atoms with E-state index in [1.807, 2.05) is 18.2 Å². The van der Waals surface area contributed by atoms with E-state index >= 15 is 0 Å². The van der Waals surface area contributed by atoms with Gasteiger partial charge < -0.3 is 5.11 Å². The first-order chi connectivity index (χ1) is 9.31. The molecule has 1 saturated carbocycles. The van der Waals surface area contributed by atoms with Gasteiger partial charge in [0, 0.05) is 18.3 Å². The summed E-state index contributed by atoms with van der Waals surface area (Å²) in [4.78, 5) is 8.45. The van der Waals surface area contributed by atoms with Crippen molar-refractivity contribution in [3.05, 3.63) is 60.2 Å². The van der Waals surface area contributed by atoms with Crippen LogP contribution in [-0.2, 0) is 5.60 Å². The maximum Gasteiger partial charge on any atom is 0.115 e. The van der Waals surface area contributed by atoms with Crippen molar-refractivity contribution < 1.29 is 5.11 Å². The van der Waals surface area contributed by atoms with Crippen LogP contribution < -0.4 is 0 Å². The van der Waals surface area contributed by atoms with E-state index in [1.54, 1.807) is 18.6 Å². The number of aromatic nitrogens is 2. The van der Waals surface area contributed by atoms with E-state index in [0.29, 0.717) is 5.69 Å². The van der Waals surface area contributed by atoms with Crippen LogP contribution in [0.15, 0.2) is 48.9 Å². The van der Waals surface area contributed by atoms with E-state index in [-0.39, 0.29) is 5.92 Å². The number of hydrogen-bond acceptors (Lipinski definition) is 3. The molecule has 19 heavy (non-hydrogen) atoms. The van der Waals surface area contributed by atoms with Gasteiger partial charge in [0.05, 0.1) is 11.9 Å². The number of nitrogens with zero attached hydrogens (tertiary/aromatic N) is 2. The standard InChI is InChI=1S/C16H18N2O/c19-16(15-12-17-10-11-18-15)9-5-4-8-14(16)13-6-2-1-3-7-13/h1-3,6-7,10-12,14,19H,4-5,8-9H2. The molecule has 2 aromatic rings. The second kappa shape index (κ2) is 5.10. The molecule has 3 heteroatoms. The molecule has 3 nitrogen and oxygen atoms in total. The molecule has 0 amide bonds. The summed E-state index contributed by atoms with van der Waals surface area (Å²) in [6.45, 7) is 0. The number of hydrogen-bond donors (Lipinski definition) is 1. The SMILES string of the molecule is OC1(c2cnccn2)CCCCC1c1ccccc1. The van der Waals surface area contributed by atoms with Gasteiger partial charge in [-0.25, -0.2) is 0 Å². The quantitative estimate of drug-likeness (QED) is 0.896. The van der Waals surface area contributed by atoms with Gasteiger partial charge >= 0.3 is 0 Å². The number of aliphatic hydroxyl groups is 1. The summed E-state index contributed by atoms with van der Waals surface area (Å²) in [6, 6.07) is 10.3. The second-order valence-corrected chi connectivity index (χ2v) is 5.22. The van der Waals surface area contributed by atoms with Crippen LogP contribution in [0.5, 0.6) is 0 Å². The van der Waals surface area contributed by atoms with Gasteiger partial charge in [-0.1, -0.05) is 43.2 Å². The van der Waals surface area contributed by atoms with Crippen LogP contribution in [0.25, 0.3) is 0 Å². The molecular weight excluding hydrogens is 236 g/mol. The van der Waals surface area contributed by atoms with Gasteiger partial charge in [0.2, 0.25) is 0 Å². The lowest BCUT2D eigenvalue weighted by atomic mass is 9.70. The molecule has 1 aliphatic rings. The Morgan fingerprint density at radius 2 is 1.95 bits per heavy atom. The van der Waals surface area contributed by atoms with Crippen molar-refractivity contribution in [2.75, 3.05) is 0 Å². The Balaban J connectivity index is 2.02. The number of rotatable bonds is 2. The van der Waals surface area contributed by atoms with Crippen molar-refractivity contribution in [2.24, 2.45) is 0 Å². The molecule has 98 valence electrons. The smallest absolute Gasteiger partial charge is 0.115 e. The molecule has 2 atom stereocenters. The van der Waals surface area contributed by atoms with Crippen molar-refractivity contribution in [3.63, 3.8) is 0 Å². The average Bonchev–Trinajstić information content (AvgIpc) is 2.49. The molecule has 1 aliphatic carbocycles. The van der Waals surface area contributed by atoms with E-state index in [4.69, 9.17) is 0 Å². The highest BCUT2D eigenvalue weighted by molar-refractivity contribution is 5.27.